The summed E-state index contributed by atoms with van der Waals surface area (Å²) in [6, 6.07) is 5.61. The summed E-state index contributed by atoms with van der Waals surface area (Å²) in [5.74, 6) is 2.34. The minimum atomic E-state index is 0.294. The molecule has 1 aliphatic rings. The Morgan fingerprint density at radius 1 is 1.16 bits per heavy atom. The van der Waals surface area contributed by atoms with E-state index in [0.29, 0.717) is 11.1 Å². The molecule has 0 atom stereocenters. The minimum absolute atomic E-state index is 0.294. The van der Waals surface area contributed by atoms with E-state index in [-0.39, 0.29) is 0 Å². The first kappa shape index (κ1) is 14.1. The first-order valence-electron chi connectivity index (χ1n) is 6.74. The van der Waals surface area contributed by atoms with Crippen molar-refractivity contribution in [2.75, 3.05) is 7.11 Å². The Bertz CT molecular complexity index is 453. The van der Waals surface area contributed by atoms with Crippen molar-refractivity contribution in [1.82, 2.24) is 0 Å². The van der Waals surface area contributed by atoms with Gasteiger partial charge in [-0.05, 0) is 43.7 Å². The maximum absolute atomic E-state index is 6.04. The van der Waals surface area contributed by atoms with Gasteiger partial charge in [-0.25, -0.2) is 0 Å². The first-order chi connectivity index (χ1) is 9.08. The molecule has 0 aliphatic heterocycles. The van der Waals surface area contributed by atoms with Crippen LogP contribution in [0.5, 0.6) is 11.5 Å². The third-order valence-electron chi connectivity index (χ3n) is 3.67. The van der Waals surface area contributed by atoms with Gasteiger partial charge in [0.25, 0.3) is 0 Å². The molecular formula is C15H21NO2S. The molecule has 0 radical (unpaired) electrons. The van der Waals surface area contributed by atoms with Crippen molar-refractivity contribution >= 4 is 17.2 Å². The molecule has 0 saturated heterocycles. The third-order valence-corrected chi connectivity index (χ3v) is 3.90. The summed E-state index contributed by atoms with van der Waals surface area (Å²) >= 11 is 5.02. The SMILES string of the molecule is COc1cc(OC2CCC(C)CC2)cc(C(N)=S)c1. The second-order valence-corrected chi connectivity index (χ2v) is 5.70. The van der Waals surface area contributed by atoms with E-state index in [2.05, 4.69) is 6.92 Å². The summed E-state index contributed by atoms with van der Waals surface area (Å²) < 4.78 is 11.3. The van der Waals surface area contributed by atoms with E-state index in [1.165, 1.54) is 12.8 Å². The van der Waals surface area contributed by atoms with Crippen LogP contribution in [0.3, 0.4) is 0 Å². The number of methoxy groups -OCH3 is 1. The summed E-state index contributed by atoms with van der Waals surface area (Å²) in [5, 5.41) is 0. The Labute approximate surface area is 120 Å². The Balaban J connectivity index is 2.10. The number of thiocarbonyl (C=S) groups is 1. The summed E-state index contributed by atoms with van der Waals surface area (Å²) in [4.78, 5) is 0.362. The Morgan fingerprint density at radius 2 is 1.79 bits per heavy atom. The molecule has 1 aromatic rings. The number of nitrogens with two attached hydrogens (primary N) is 1. The maximum Gasteiger partial charge on any atom is 0.124 e. The molecule has 0 amide bonds. The van der Waals surface area contributed by atoms with Crippen LogP contribution in [-0.4, -0.2) is 18.2 Å². The van der Waals surface area contributed by atoms with Crippen LogP contribution >= 0.6 is 12.2 Å². The van der Waals surface area contributed by atoms with Gasteiger partial charge in [-0.3, -0.25) is 0 Å². The van der Waals surface area contributed by atoms with Crippen LogP contribution in [0.15, 0.2) is 18.2 Å². The highest BCUT2D eigenvalue weighted by molar-refractivity contribution is 7.80. The molecule has 2 rings (SSSR count). The van der Waals surface area contributed by atoms with Gasteiger partial charge in [0.15, 0.2) is 0 Å². The molecule has 0 aromatic heterocycles. The van der Waals surface area contributed by atoms with Gasteiger partial charge in [0.1, 0.15) is 16.5 Å². The van der Waals surface area contributed by atoms with Gasteiger partial charge in [0, 0.05) is 11.6 Å². The fourth-order valence-electron chi connectivity index (χ4n) is 2.44. The van der Waals surface area contributed by atoms with Gasteiger partial charge in [-0.15, -0.1) is 0 Å². The van der Waals surface area contributed by atoms with Gasteiger partial charge in [-0.2, -0.15) is 0 Å². The van der Waals surface area contributed by atoms with Gasteiger partial charge >= 0.3 is 0 Å². The van der Waals surface area contributed by atoms with Gasteiger partial charge in [-0.1, -0.05) is 19.1 Å². The number of benzene rings is 1. The van der Waals surface area contributed by atoms with Crippen molar-refractivity contribution in [3.63, 3.8) is 0 Å². The molecule has 0 bridgehead atoms. The van der Waals surface area contributed by atoms with Crippen molar-refractivity contribution in [2.24, 2.45) is 11.7 Å². The highest BCUT2D eigenvalue weighted by Gasteiger charge is 2.20. The molecule has 104 valence electrons. The average molecular weight is 279 g/mol. The predicted molar refractivity (Wildman–Crippen MR) is 80.9 cm³/mol. The lowest BCUT2D eigenvalue weighted by atomic mass is 9.89. The van der Waals surface area contributed by atoms with Crippen molar-refractivity contribution in [3.05, 3.63) is 23.8 Å². The molecule has 2 N–H and O–H groups in total. The average Bonchev–Trinajstić information content (AvgIpc) is 2.41. The molecular weight excluding hydrogens is 258 g/mol. The van der Waals surface area contributed by atoms with Crippen LogP contribution < -0.4 is 15.2 Å². The van der Waals surface area contributed by atoms with E-state index in [9.17, 15) is 0 Å². The Kier molecular flexibility index (Phi) is 4.64. The van der Waals surface area contributed by atoms with E-state index in [1.54, 1.807) is 7.11 Å². The summed E-state index contributed by atoms with van der Waals surface area (Å²) in [5.41, 5.74) is 6.46. The standard InChI is InChI=1S/C15H21NO2S/c1-10-3-5-12(6-4-10)18-14-8-11(15(16)19)7-13(9-14)17-2/h7-10,12H,3-6H2,1-2H3,(H2,16,19). The number of rotatable bonds is 4. The zero-order chi connectivity index (χ0) is 13.8. The van der Waals surface area contributed by atoms with E-state index in [1.807, 2.05) is 18.2 Å². The van der Waals surface area contributed by atoms with E-state index < -0.39 is 0 Å². The van der Waals surface area contributed by atoms with E-state index >= 15 is 0 Å². The third kappa shape index (κ3) is 3.83. The number of hydrogen-bond donors (Lipinski definition) is 1. The highest BCUT2D eigenvalue weighted by Crippen LogP contribution is 2.29. The quantitative estimate of drug-likeness (QED) is 0.859. The van der Waals surface area contributed by atoms with Crippen LogP contribution in [0.2, 0.25) is 0 Å². The molecule has 0 unspecified atom stereocenters. The summed E-state index contributed by atoms with van der Waals surface area (Å²) in [6.07, 6.45) is 4.98. The largest absolute Gasteiger partial charge is 0.497 e. The normalized spacial score (nSPS) is 22.8. The molecule has 19 heavy (non-hydrogen) atoms. The molecule has 0 spiro atoms. The molecule has 1 aromatic carbocycles. The topological polar surface area (TPSA) is 44.5 Å². The molecule has 4 heteroatoms. The smallest absolute Gasteiger partial charge is 0.124 e. The number of ether oxygens (including phenoxy) is 2. The highest BCUT2D eigenvalue weighted by atomic mass is 32.1. The van der Waals surface area contributed by atoms with E-state index in [0.717, 1.165) is 35.8 Å². The summed E-state index contributed by atoms with van der Waals surface area (Å²) in [7, 11) is 1.63. The molecule has 3 nitrogen and oxygen atoms in total. The van der Waals surface area contributed by atoms with Crippen LogP contribution in [0.1, 0.15) is 38.2 Å². The van der Waals surface area contributed by atoms with Crippen LogP contribution in [0, 0.1) is 5.92 Å². The minimum Gasteiger partial charge on any atom is -0.497 e. The fraction of sp³-hybridized carbons (Fsp3) is 0.533. The molecule has 0 heterocycles. The van der Waals surface area contributed by atoms with Crippen molar-refractivity contribution < 1.29 is 9.47 Å². The lowest BCUT2D eigenvalue weighted by Gasteiger charge is -2.27. The van der Waals surface area contributed by atoms with Gasteiger partial charge < -0.3 is 15.2 Å². The Hall–Kier alpha value is -1.29. The predicted octanol–water partition coefficient (Wildman–Crippen LogP) is 3.29. The fourth-order valence-corrected chi connectivity index (χ4v) is 2.56. The van der Waals surface area contributed by atoms with Crippen LogP contribution in [0.25, 0.3) is 0 Å². The van der Waals surface area contributed by atoms with Crippen LogP contribution in [0.4, 0.5) is 0 Å². The van der Waals surface area contributed by atoms with E-state index in [4.69, 9.17) is 27.4 Å². The second-order valence-electron chi connectivity index (χ2n) is 5.26. The monoisotopic (exact) mass is 279 g/mol. The number of hydrogen-bond acceptors (Lipinski definition) is 3. The summed E-state index contributed by atoms with van der Waals surface area (Å²) in [6.45, 7) is 2.30. The lowest BCUT2D eigenvalue weighted by molar-refractivity contribution is 0.135. The van der Waals surface area contributed by atoms with Crippen molar-refractivity contribution in [1.29, 1.82) is 0 Å². The van der Waals surface area contributed by atoms with Crippen molar-refractivity contribution in [2.45, 2.75) is 38.7 Å². The zero-order valence-corrected chi connectivity index (χ0v) is 12.3. The van der Waals surface area contributed by atoms with Crippen LogP contribution in [-0.2, 0) is 0 Å². The second kappa shape index (κ2) is 6.24. The first-order valence-corrected chi connectivity index (χ1v) is 7.15. The van der Waals surface area contributed by atoms with Crippen molar-refractivity contribution in [3.8, 4) is 11.5 Å². The molecule has 1 aliphatic carbocycles. The van der Waals surface area contributed by atoms with Gasteiger partial charge in [0.2, 0.25) is 0 Å². The zero-order valence-electron chi connectivity index (χ0n) is 11.5. The molecule has 1 saturated carbocycles. The maximum atomic E-state index is 6.04. The van der Waals surface area contributed by atoms with Gasteiger partial charge in [0.05, 0.1) is 13.2 Å². The Morgan fingerprint density at radius 3 is 2.37 bits per heavy atom. The lowest BCUT2D eigenvalue weighted by Crippen LogP contribution is -2.23. The molecule has 1 fully saturated rings.